The van der Waals surface area contributed by atoms with E-state index in [9.17, 15) is 4.57 Å². The molecule has 0 aliphatic rings. The summed E-state index contributed by atoms with van der Waals surface area (Å²) in [5.41, 5.74) is 0. The average Bonchev–Trinajstić information content (AvgIpc) is 2.04. The molecule has 0 rings (SSSR count). The van der Waals surface area contributed by atoms with E-state index in [2.05, 4.69) is 16.0 Å². The highest BCUT2D eigenvalue weighted by molar-refractivity contribution is 7.33. The molecule has 0 amide bonds. The molecule has 0 aromatic heterocycles. The highest BCUT2D eigenvalue weighted by Gasteiger charge is 1.88. The van der Waals surface area contributed by atoms with Gasteiger partial charge in [-0.05, 0) is 18.9 Å². The molecule has 4 heteroatoms. The summed E-state index contributed by atoms with van der Waals surface area (Å²) in [4.78, 5) is 0. The molecule has 0 heterocycles. The van der Waals surface area contributed by atoms with Crippen LogP contribution in [0.25, 0.3) is 0 Å². The van der Waals surface area contributed by atoms with Gasteiger partial charge < -0.3 is 9.05 Å². The number of unbranched alkanes of at least 4 members (excludes halogenated alkanes) is 2. The van der Waals surface area contributed by atoms with Gasteiger partial charge >= 0.3 is 8.25 Å². The minimum Gasteiger partial charge on any atom is -0.435 e. The molecule has 0 radical (unpaired) electrons. The Morgan fingerprint density at radius 2 is 2.27 bits per heavy atom. The zero-order chi connectivity index (χ0) is 8.53. The van der Waals surface area contributed by atoms with Crippen molar-refractivity contribution in [1.29, 1.82) is 0 Å². The zero-order valence-electron chi connectivity index (χ0n) is 7.00. The van der Waals surface area contributed by atoms with Crippen molar-refractivity contribution in [2.75, 3.05) is 7.11 Å². The second kappa shape index (κ2) is 7.83. The van der Waals surface area contributed by atoms with E-state index >= 15 is 0 Å². The SMILES string of the molecule is CCCCC=CO[PH](=O)OC. The fourth-order valence-electron chi connectivity index (χ4n) is 0.542. The molecule has 66 valence electrons. The van der Waals surface area contributed by atoms with Crippen LogP contribution in [0, 0.1) is 0 Å². The van der Waals surface area contributed by atoms with E-state index in [1.54, 1.807) is 0 Å². The maximum atomic E-state index is 10.5. The maximum absolute atomic E-state index is 10.5. The van der Waals surface area contributed by atoms with Gasteiger partial charge in [0.05, 0.1) is 6.26 Å². The summed E-state index contributed by atoms with van der Waals surface area (Å²) in [5, 5.41) is 0. The molecule has 1 atom stereocenters. The predicted octanol–water partition coefficient (Wildman–Crippen LogP) is 2.74. The minimum atomic E-state index is -2.25. The van der Waals surface area contributed by atoms with Gasteiger partial charge in [0, 0.05) is 7.11 Å². The summed E-state index contributed by atoms with van der Waals surface area (Å²) < 4.78 is 19.6. The van der Waals surface area contributed by atoms with Gasteiger partial charge in [0.2, 0.25) is 0 Å². The van der Waals surface area contributed by atoms with Crippen molar-refractivity contribution in [2.24, 2.45) is 0 Å². The molecule has 0 fully saturated rings. The Morgan fingerprint density at radius 1 is 1.55 bits per heavy atom. The third-order valence-corrected chi connectivity index (χ3v) is 1.81. The van der Waals surface area contributed by atoms with E-state index in [4.69, 9.17) is 0 Å². The Bertz CT molecular complexity index is 134. The zero-order valence-corrected chi connectivity index (χ0v) is 8.00. The van der Waals surface area contributed by atoms with Crippen LogP contribution in [0.5, 0.6) is 0 Å². The van der Waals surface area contributed by atoms with Crippen molar-refractivity contribution in [3.05, 3.63) is 12.3 Å². The molecule has 0 saturated carbocycles. The number of hydrogen-bond acceptors (Lipinski definition) is 3. The van der Waals surface area contributed by atoms with Crippen molar-refractivity contribution in [1.82, 2.24) is 0 Å². The van der Waals surface area contributed by atoms with E-state index in [0.717, 1.165) is 19.3 Å². The fraction of sp³-hybridized carbons (Fsp3) is 0.714. The van der Waals surface area contributed by atoms with Crippen LogP contribution in [-0.4, -0.2) is 7.11 Å². The van der Waals surface area contributed by atoms with Crippen LogP contribution in [-0.2, 0) is 13.6 Å². The Kier molecular flexibility index (Phi) is 7.64. The van der Waals surface area contributed by atoms with Crippen molar-refractivity contribution in [3.63, 3.8) is 0 Å². The highest BCUT2D eigenvalue weighted by Crippen LogP contribution is 2.21. The molecule has 0 N–H and O–H groups in total. The molecule has 0 saturated heterocycles. The van der Waals surface area contributed by atoms with E-state index in [1.165, 1.54) is 13.4 Å². The molecule has 0 aromatic rings. The van der Waals surface area contributed by atoms with Crippen LogP contribution >= 0.6 is 8.25 Å². The molecule has 0 spiro atoms. The Labute approximate surface area is 68.3 Å². The van der Waals surface area contributed by atoms with Crippen LogP contribution in [0.2, 0.25) is 0 Å². The van der Waals surface area contributed by atoms with Crippen molar-refractivity contribution in [2.45, 2.75) is 26.2 Å². The molecular formula is C7H15O3P. The summed E-state index contributed by atoms with van der Waals surface area (Å²) in [7, 11) is -0.891. The summed E-state index contributed by atoms with van der Waals surface area (Å²) in [5.74, 6) is 0. The van der Waals surface area contributed by atoms with Crippen LogP contribution in [0.1, 0.15) is 26.2 Å². The van der Waals surface area contributed by atoms with E-state index in [0.29, 0.717) is 0 Å². The van der Waals surface area contributed by atoms with Crippen molar-refractivity contribution >= 4 is 8.25 Å². The lowest BCUT2D eigenvalue weighted by atomic mass is 10.2. The first-order chi connectivity index (χ1) is 5.31. The van der Waals surface area contributed by atoms with Gasteiger partial charge in [-0.2, -0.15) is 0 Å². The second-order valence-corrected chi connectivity index (χ2v) is 3.23. The standard InChI is InChI=1S/C7H15O3P/c1-3-4-5-6-7-10-11(8)9-2/h6-7,11H,3-5H2,1-2H3. The van der Waals surface area contributed by atoms with E-state index < -0.39 is 8.25 Å². The van der Waals surface area contributed by atoms with Gasteiger partial charge in [-0.3, -0.25) is 0 Å². The maximum Gasteiger partial charge on any atom is 0.366 e. The van der Waals surface area contributed by atoms with Gasteiger partial charge in [-0.1, -0.05) is 13.3 Å². The first kappa shape index (κ1) is 10.7. The van der Waals surface area contributed by atoms with Crippen molar-refractivity contribution in [3.8, 4) is 0 Å². The predicted molar refractivity (Wildman–Crippen MR) is 45.8 cm³/mol. The number of hydrogen-bond donors (Lipinski definition) is 0. The van der Waals surface area contributed by atoms with E-state index in [1.807, 2.05) is 6.08 Å². The molecule has 0 aliphatic heterocycles. The Morgan fingerprint density at radius 3 is 2.82 bits per heavy atom. The molecular weight excluding hydrogens is 163 g/mol. The number of allylic oxidation sites excluding steroid dienone is 1. The first-order valence-electron chi connectivity index (χ1n) is 3.71. The lowest BCUT2D eigenvalue weighted by Gasteiger charge is -1.95. The molecule has 3 nitrogen and oxygen atoms in total. The Hall–Kier alpha value is -0.270. The molecule has 0 aromatic carbocycles. The lowest BCUT2D eigenvalue weighted by molar-refractivity contribution is 0.326. The van der Waals surface area contributed by atoms with Gasteiger partial charge in [-0.15, -0.1) is 0 Å². The van der Waals surface area contributed by atoms with Crippen LogP contribution in [0.3, 0.4) is 0 Å². The Balaban J connectivity index is 3.22. The summed E-state index contributed by atoms with van der Waals surface area (Å²) >= 11 is 0. The van der Waals surface area contributed by atoms with Gasteiger partial charge in [0.15, 0.2) is 0 Å². The highest BCUT2D eigenvalue weighted by atomic mass is 31.1. The molecule has 0 bridgehead atoms. The third kappa shape index (κ3) is 7.63. The van der Waals surface area contributed by atoms with Crippen LogP contribution in [0.4, 0.5) is 0 Å². The summed E-state index contributed by atoms with van der Waals surface area (Å²) in [6, 6.07) is 0. The monoisotopic (exact) mass is 178 g/mol. The smallest absolute Gasteiger partial charge is 0.366 e. The van der Waals surface area contributed by atoms with Crippen molar-refractivity contribution < 1.29 is 13.6 Å². The topological polar surface area (TPSA) is 35.5 Å². The summed E-state index contributed by atoms with van der Waals surface area (Å²) in [6.45, 7) is 2.12. The molecule has 11 heavy (non-hydrogen) atoms. The van der Waals surface area contributed by atoms with Crippen LogP contribution < -0.4 is 0 Å². The van der Waals surface area contributed by atoms with Gasteiger partial charge in [0.25, 0.3) is 0 Å². The van der Waals surface area contributed by atoms with Crippen LogP contribution in [0.15, 0.2) is 12.3 Å². The average molecular weight is 178 g/mol. The summed E-state index contributed by atoms with van der Waals surface area (Å²) in [6.07, 6.45) is 6.55. The minimum absolute atomic E-state index is 0.968. The fourth-order valence-corrected chi connectivity index (χ4v) is 0.845. The second-order valence-electron chi connectivity index (χ2n) is 2.09. The quantitative estimate of drug-likeness (QED) is 0.356. The lowest BCUT2D eigenvalue weighted by Crippen LogP contribution is -1.70. The van der Waals surface area contributed by atoms with Gasteiger partial charge in [-0.25, -0.2) is 4.57 Å². The normalized spacial score (nSPS) is 13.6. The van der Waals surface area contributed by atoms with E-state index in [-0.39, 0.29) is 0 Å². The third-order valence-electron chi connectivity index (χ3n) is 1.15. The number of rotatable bonds is 6. The molecule has 0 aliphatic carbocycles. The first-order valence-corrected chi connectivity index (χ1v) is 4.93. The largest absolute Gasteiger partial charge is 0.435 e. The van der Waals surface area contributed by atoms with Gasteiger partial charge in [0.1, 0.15) is 0 Å². The molecule has 1 unspecified atom stereocenters.